The standard InChI is InChI=1S/C11H15BrOS/c12-10-5-11(14-8-10)7-13-6-9-3-1-2-4-9/h5,8-9H,1-4,6-7H2. The van der Waals surface area contributed by atoms with E-state index in [4.69, 9.17) is 4.74 Å². The normalized spacial score (nSPS) is 17.8. The lowest BCUT2D eigenvalue weighted by Crippen LogP contribution is -2.04. The van der Waals surface area contributed by atoms with Gasteiger partial charge in [-0.15, -0.1) is 11.3 Å². The minimum Gasteiger partial charge on any atom is -0.376 e. The van der Waals surface area contributed by atoms with Gasteiger partial charge in [-0.2, -0.15) is 0 Å². The second kappa shape index (κ2) is 5.29. The van der Waals surface area contributed by atoms with E-state index < -0.39 is 0 Å². The average molecular weight is 275 g/mol. The van der Waals surface area contributed by atoms with Gasteiger partial charge in [-0.1, -0.05) is 12.8 Å². The van der Waals surface area contributed by atoms with E-state index in [9.17, 15) is 0 Å². The van der Waals surface area contributed by atoms with Gasteiger partial charge in [-0.3, -0.25) is 0 Å². The molecule has 1 heterocycles. The zero-order chi connectivity index (χ0) is 9.80. The van der Waals surface area contributed by atoms with Crippen LogP contribution in [-0.4, -0.2) is 6.61 Å². The maximum atomic E-state index is 5.71. The monoisotopic (exact) mass is 274 g/mol. The third kappa shape index (κ3) is 3.07. The van der Waals surface area contributed by atoms with Crippen LogP contribution in [0.2, 0.25) is 0 Å². The lowest BCUT2D eigenvalue weighted by molar-refractivity contribution is 0.0906. The highest BCUT2D eigenvalue weighted by Crippen LogP contribution is 2.26. The summed E-state index contributed by atoms with van der Waals surface area (Å²) in [5, 5.41) is 2.11. The summed E-state index contributed by atoms with van der Waals surface area (Å²) >= 11 is 5.21. The number of hydrogen-bond acceptors (Lipinski definition) is 2. The Morgan fingerprint density at radius 1 is 1.43 bits per heavy atom. The molecular formula is C11H15BrOS. The van der Waals surface area contributed by atoms with Crippen LogP contribution in [0.3, 0.4) is 0 Å². The largest absolute Gasteiger partial charge is 0.376 e. The average Bonchev–Trinajstić information content (AvgIpc) is 2.77. The molecular weight excluding hydrogens is 260 g/mol. The number of rotatable bonds is 4. The van der Waals surface area contributed by atoms with Gasteiger partial charge in [0.25, 0.3) is 0 Å². The van der Waals surface area contributed by atoms with Gasteiger partial charge < -0.3 is 4.74 Å². The van der Waals surface area contributed by atoms with Crippen LogP contribution in [0.5, 0.6) is 0 Å². The molecule has 3 heteroatoms. The first kappa shape index (κ1) is 10.7. The molecule has 1 aromatic rings. The SMILES string of the molecule is Brc1csc(COCC2CCCC2)c1. The molecule has 14 heavy (non-hydrogen) atoms. The first-order valence-electron chi connectivity index (χ1n) is 5.15. The van der Waals surface area contributed by atoms with Crippen LogP contribution < -0.4 is 0 Å². The van der Waals surface area contributed by atoms with Crippen molar-refractivity contribution < 1.29 is 4.74 Å². The van der Waals surface area contributed by atoms with Crippen molar-refractivity contribution in [3.05, 3.63) is 20.8 Å². The molecule has 0 aromatic carbocycles. The van der Waals surface area contributed by atoms with Crippen molar-refractivity contribution in [2.75, 3.05) is 6.61 Å². The van der Waals surface area contributed by atoms with E-state index >= 15 is 0 Å². The van der Waals surface area contributed by atoms with E-state index in [2.05, 4.69) is 27.4 Å². The summed E-state index contributed by atoms with van der Waals surface area (Å²) in [4.78, 5) is 1.31. The van der Waals surface area contributed by atoms with Crippen molar-refractivity contribution in [2.45, 2.75) is 32.3 Å². The van der Waals surface area contributed by atoms with Gasteiger partial charge in [0.15, 0.2) is 0 Å². The molecule has 1 saturated carbocycles. The number of hydrogen-bond donors (Lipinski definition) is 0. The van der Waals surface area contributed by atoms with Gasteiger partial charge in [0.05, 0.1) is 6.61 Å². The summed E-state index contributed by atoms with van der Waals surface area (Å²) in [5.74, 6) is 0.832. The van der Waals surface area contributed by atoms with Crippen molar-refractivity contribution in [3.63, 3.8) is 0 Å². The number of ether oxygens (including phenoxy) is 1. The van der Waals surface area contributed by atoms with E-state index in [1.807, 2.05) is 0 Å². The summed E-state index contributed by atoms with van der Waals surface area (Å²) in [5.41, 5.74) is 0. The van der Waals surface area contributed by atoms with Crippen molar-refractivity contribution in [2.24, 2.45) is 5.92 Å². The van der Waals surface area contributed by atoms with Gasteiger partial charge >= 0.3 is 0 Å². The maximum Gasteiger partial charge on any atom is 0.0809 e. The Labute approximate surface area is 97.6 Å². The molecule has 0 spiro atoms. The Hall–Kier alpha value is 0.140. The maximum absolute atomic E-state index is 5.71. The first-order valence-corrected chi connectivity index (χ1v) is 6.82. The fraction of sp³-hybridized carbons (Fsp3) is 0.636. The highest BCUT2D eigenvalue weighted by Gasteiger charge is 2.14. The third-order valence-electron chi connectivity index (χ3n) is 2.69. The van der Waals surface area contributed by atoms with Crippen LogP contribution in [0.25, 0.3) is 0 Å². The smallest absolute Gasteiger partial charge is 0.0809 e. The Morgan fingerprint density at radius 3 is 2.86 bits per heavy atom. The Bertz CT molecular complexity index is 279. The molecule has 1 aliphatic rings. The Balaban J connectivity index is 1.67. The van der Waals surface area contributed by atoms with Crippen LogP contribution in [0, 0.1) is 5.92 Å². The number of halogens is 1. The van der Waals surface area contributed by atoms with E-state index in [0.29, 0.717) is 0 Å². The molecule has 0 unspecified atom stereocenters. The van der Waals surface area contributed by atoms with Crippen molar-refractivity contribution in [3.8, 4) is 0 Å². The molecule has 0 saturated heterocycles. The van der Waals surface area contributed by atoms with Crippen LogP contribution in [0.4, 0.5) is 0 Å². The predicted octanol–water partition coefficient (Wildman–Crippen LogP) is 4.22. The second-order valence-corrected chi connectivity index (χ2v) is 5.81. The summed E-state index contributed by atoms with van der Waals surface area (Å²) in [6.45, 7) is 1.74. The van der Waals surface area contributed by atoms with Gasteiger partial charge in [0, 0.05) is 21.3 Å². The Kier molecular flexibility index (Phi) is 4.02. The van der Waals surface area contributed by atoms with Gasteiger partial charge in [-0.05, 0) is 40.8 Å². The molecule has 1 fully saturated rings. The van der Waals surface area contributed by atoms with E-state index in [-0.39, 0.29) is 0 Å². The number of thiophene rings is 1. The molecule has 1 nitrogen and oxygen atoms in total. The molecule has 0 bridgehead atoms. The fourth-order valence-corrected chi connectivity index (χ4v) is 3.32. The van der Waals surface area contributed by atoms with Crippen molar-refractivity contribution in [1.29, 1.82) is 0 Å². The molecule has 0 radical (unpaired) electrons. The molecule has 78 valence electrons. The van der Waals surface area contributed by atoms with Gasteiger partial charge in [0.2, 0.25) is 0 Å². The van der Waals surface area contributed by atoms with Crippen LogP contribution in [0.15, 0.2) is 15.9 Å². The zero-order valence-corrected chi connectivity index (χ0v) is 10.6. The van der Waals surface area contributed by atoms with Gasteiger partial charge in [-0.25, -0.2) is 0 Å². The molecule has 1 aliphatic carbocycles. The minimum atomic E-state index is 0.784. The quantitative estimate of drug-likeness (QED) is 0.799. The topological polar surface area (TPSA) is 9.23 Å². The zero-order valence-electron chi connectivity index (χ0n) is 8.17. The van der Waals surface area contributed by atoms with Gasteiger partial charge in [0.1, 0.15) is 0 Å². The molecule has 0 N–H and O–H groups in total. The summed E-state index contributed by atoms with van der Waals surface area (Å²) < 4.78 is 6.88. The Morgan fingerprint density at radius 2 is 2.21 bits per heavy atom. The van der Waals surface area contributed by atoms with E-state index in [1.54, 1.807) is 11.3 Å². The second-order valence-electron chi connectivity index (χ2n) is 3.90. The highest BCUT2D eigenvalue weighted by molar-refractivity contribution is 9.10. The molecule has 1 aromatic heterocycles. The third-order valence-corrected chi connectivity index (χ3v) is 4.37. The van der Waals surface area contributed by atoms with E-state index in [0.717, 1.165) is 19.1 Å². The van der Waals surface area contributed by atoms with E-state index in [1.165, 1.54) is 35.0 Å². The molecule has 0 amide bonds. The lowest BCUT2D eigenvalue weighted by atomic mass is 10.1. The minimum absolute atomic E-state index is 0.784. The molecule has 0 atom stereocenters. The fourth-order valence-electron chi connectivity index (χ4n) is 1.93. The van der Waals surface area contributed by atoms with Crippen LogP contribution in [-0.2, 0) is 11.3 Å². The summed E-state index contributed by atoms with van der Waals surface area (Å²) in [6.07, 6.45) is 5.54. The van der Waals surface area contributed by atoms with Crippen molar-refractivity contribution >= 4 is 27.3 Å². The summed E-state index contributed by atoms with van der Waals surface area (Å²) in [6, 6.07) is 2.14. The lowest BCUT2D eigenvalue weighted by Gasteiger charge is -2.08. The molecule has 0 aliphatic heterocycles. The summed E-state index contributed by atoms with van der Waals surface area (Å²) in [7, 11) is 0. The van der Waals surface area contributed by atoms with Crippen molar-refractivity contribution in [1.82, 2.24) is 0 Å². The highest BCUT2D eigenvalue weighted by atomic mass is 79.9. The first-order chi connectivity index (χ1) is 6.84. The predicted molar refractivity (Wildman–Crippen MR) is 63.6 cm³/mol. The molecule has 2 rings (SSSR count). The van der Waals surface area contributed by atoms with Crippen LogP contribution in [0.1, 0.15) is 30.6 Å². The van der Waals surface area contributed by atoms with Crippen LogP contribution >= 0.6 is 27.3 Å².